The van der Waals surface area contributed by atoms with E-state index in [-0.39, 0.29) is 17.9 Å². The number of fused-ring (bicyclic) bond motifs is 2. The van der Waals surface area contributed by atoms with Crippen molar-refractivity contribution in [1.29, 1.82) is 0 Å². The van der Waals surface area contributed by atoms with Gasteiger partial charge in [-0.1, -0.05) is 24.3 Å². The molecule has 4 nitrogen and oxygen atoms in total. The Hall–Kier alpha value is -1.39. The van der Waals surface area contributed by atoms with E-state index in [0.717, 1.165) is 39.0 Å². The summed E-state index contributed by atoms with van der Waals surface area (Å²) >= 11 is 0. The van der Waals surface area contributed by atoms with E-state index in [4.69, 9.17) is 5.73 Å². The number of rotatable bonds is 1. The van der Waals surface area contributed by atoms with Gasteiger partial charge in [0, 0.05) is 31.6 Å². The van der Waals surface area contributed by atoms with Crippen LogP contribution in [0.2, 0.25) is 0 Å². The second kappa shape index (κ2) is 4.94. The van der Waals surface area contributed by atoms with Crippen molar-refractivity contribution in [3.63, 3.8) is 0 Å². The number of carbonyl (C=O) groups excluding carboxylic acids is 1. The van der Waals surface area contributed by atoms with Gasteiger partial charge in [0.1, 0.15) is 0 Å². The number of likely N-dealkylation sites (tertiary alicyclic amines) is 1. The smallest absolute Gasteiger partial charge is 0.236 e. The minimum absolute atomic E-state index is 0.0758. The largest absolute Gasteiger partial charge is 0.342 e. The number of hydrogen-bond acceptors (Lipinski definition) is 3. The number of carbonyl (C=O) groups is 1. The predicted molar refractivity (Wildman–Crippen MR) is 74.7 cm³/mol. The first-order valence-electron chi connectivity index (χ1n) is 7.02. The van der Waals surface area contributed by atoms with Crippen molar-refractivity contribution in [2.24, 2.45) is 5.73 Å². The topological polar surface area (TPSA) is 58.4 Å². The fourth-order valence-electron chi connectivity index (χ4n) is 3.48. The first-order chi connectivity index (χ1) is 9.25. The minimum atomic E-state index is 0.0758. The molecule has 1 saturated heterocycles. The van der Waals surface area contributed by atoms with Crippen LogP contribution in [0.3, 0.4) is 0 Å². The Labute approximate surface area is 114 Å². The third-order valence-electron chi connectivity index (χ3n) is 4.62. The van der Waals surface area contributed by atoms with Gasteiger partial charge >= 0.3 is 0 Å². The normalized spacial score (nSPS) is 21.2. The van der Waals surface area contributed by atoms with E-state index >= 15 is 0 Å². The number of nitrogens with two attached hydrogens (primary N) is 1. The standard InChI is InChI=1S/C15H21N3O/c16-9-14(19)18-7-5-15(6-8-18)11-17-10-12-3-1-2-4-13(12)15/h1-4,17H,5-11,16H2. The molecule has 2 aliphatic rings. The van der Waals surface area contributed by atoms with Crippen LogP contribution in [0.15, 0.2) is 24.3 Å². The molecule has 1 spiro atoms. The molecule has 0 bridgehead atoms. The fourth-order valence-corrected chi connectivity index (χ4v) is 3.48. The van der Waals surface area contributed by atoms with Gasteiger partial charge in [-0.25, -0.2) is 0 Å². The van der Waals surface area contributed by atoms with Crippen LogP contribution in [0.4, 0.5) is 0 Å². The van der Waals surface area contributed by atoms with E-state index in [9.17, 15) is 4.79 Å². The fraction of sp³-hybridized carbons (Fsp3) is 0.533. The molecule has 0 radical (unpaired) electrons. The number of nitrogens with one attached hydrogen (secondary N) is 1. The van der Waals surface area contributed by atoms with Gasteiger partial charge in [-0.05, 0) is 24.0 Å². The Bertz CT molecular complexity index is 478. The highest BCUT2D eigenvalue weighted by molar-refractivity contribution is 5.78. The lowest BCUT2D eigenvalue weighted by molar-refractivity contribution is -0.131. The Morgan fingerprint density at radius 3 is 2.79 bits per heavy atom. The average molecular weight is 259 g/mol. The maximum Gasteiger partial charge on any atom is 0.236 e. The Balaban J connectivity index is 1.82. The van der Waals surface area contributed by atoms with Crippen molar-refractivity contribution in [1.82, 2.24) is 10.2 Å². The molecule has 1 amide bonds. The second-order valence-electron chi connectivity index (χ2n) is 5.63. The number of piperidine rings is 1. The average Bonchev–Trinajstić information content (AvgIpc) is 2.48. The summed E-state index contributed by atoms with van der Waals surface area (Å²) in [6.45, 7) is 3.76. The van der Waals surface area contributed by atoms with Gasteiger partial charge < -0.3 is 16.0 Å². The van der Waals surface area contributed by atoms with Crippen LogP contribution in [0, 0.1) is 0 Å². The first-order valence-corrected chi connectivity index (χ1v) is 7.02. The molecule has 0 aliphatic carbocycles. The molecule has 19 heavy (non-hydrogen) atoms. The van der Waals surface area contributed by atoms with Crippen LogP contribution in [0.25, 0.3) is 0 Å². The molecule has 3 N–H and O–H groups in total. The molecule has 1 aromatic carbocycles. The van der Waals surface area contributed by atoms with Gasteiger partial charge in [-0.3, -0.25) is 4.79 Å². The van der Waals surface area contributed by atoms with Gasteiger partial charge in [-0.15, -0.1) is 0 Å². The van der Waals surface area contributed by atoms with E-state index in [1.165, 1.54) is 11.1 Å². The van der Waals surface area contributed by atoms with E-state index < -0.39 is 0 Å². The number of nitrogens with zero attached hydrogens (tertiary/aromatic N) is 1. The molecule has 3 rings (SSSR count). The summed E-state index contributed by atoms with van der Waals surface area (Å²) in [6.07, 6.45) is 2.06. The molecule has 102 valence electrons. The summed E-state index contributed by atoms with van der Waals surface area (Å²) in [5.41, 5.74) is 8.54. The molecule has 0 atom stereocenters. The van der Waals surface area contributed by atoms with Gasteiger partial charge in [0.25, 0.3) is 0 Å². The third-order valence-corrected chi connectivity index (χ3v) is 4.62. The molecule has 1 fully saturated rings. The van der Waals surface area contributed by atoms with Gasteiger partial charge in [-0.2, -0.15) is 0 Å². The van der Waals surface area contributed by atoms with Gasteiger partial charge in [0.2, 0.25) is 5.91 Å². The van der Waals surface area contributed by atoms with Crippen LogP contribution in [-0.2, 0) is 16.8 Å². The minimum Gasteiger partial charge on any atom is -0.342 e. The summed E-state index contributed by atoms with van der Waals surface area (Å²) in [7, 11) is 0. The van der Waals surface area contributed by atoms with Gasteiger partial charge in [0.15, 0.2) is 0 Å². The molecule has 2 heterocycles. The van der Waals surface area contributed by atoms with E-state index in [2.05, 4.69) is 29.6 Å². The van der Waals surface area contributed by atoms with Crippen LogP contribution >= 0.6 is 0 Å². The Morgan fingerprint density at radius 1 is 1.32 bits per heavy atom. The zero-order valence-electron chi connectivity index (χ0n) is 11.2. The van der Waals surface area contributed by atoms with E-state index in [0.29, 0.717) is 0 Å². The zero-order valence-corrected chi connectivity index (χ0v) is 11.2. The molecule has 0 aromatic heterocycles. The lowest BCUT2D eigenvalue weighted by Crippen LogP contribution is -2.52. The quantitative estimate of drug-likeness (QED) is 0.777. The summed E-state index contributed by atoms with van der Waals surface area (Å²) in [5, 5.41) is 3.53. The SMILES string of the molecule is NCC(=O)N1CCC2(CC1)CNCc1ccccc12. The predicted octanol–water partition coefficient (Wildman–Crippen LogP) is 0.609. The highest BCUT2D eigenvalue weighted by Crippen LogP contribution is 2.39. The molecule has 1 aromatic rings. The first kappa shape index (κ1) is 12.6. The Kier molecular flexibility index (Phi) is 3.29. The molecule has 2 aliphatic heterocycles. The van der Waals surface area contributed by atoms with E-state index in [1.54, 1.807) is 0 Å². The molecular weight excluding hydrogens is 238 g/mol. The van der Waals surface area contributed by atoms with E-state index in [1.807, 2.05) is 4.90 Å². The number of amides is 1. The maximum absolute atomic E-state index is 11.7. The monoisotopic (exact) mass is 259 g/mol. The lowest BCUT2D eigenvalue weighted by Gasteiger charge is -2.45. The molecule has 0 saturated carbocycles. The maximum atomic E-state index is 11.7. The zero-order chi connectivity index (χ0) is 13.3. The van der Waals surface area contributed by atoms with Crippen molar-refractivity contribution >= 4 is 5.91 Å². The number of hydrogen-bond donors (Lipinski definition) is 2. The van der Waals surface area contributed by atoms with Crippen LogP contribution in [0.5, 0.6) is 0 Å². The molecular formula is C15H21N3O. The van der Waals surface area contributed by atoms with Gasteiger partial charge in [0.05, 0.1) is 6.54 Å². The highest BCUT2D eigenvalue weighted by Gasteiger charge is 2.39. The third kappa shape index (κ3) is 2.15. The second-order valence-corrected chi connectivity index (χ2v) is 5.63. The Morgan fingerprint density at radius 2 is 2.05 bits per heavy atom. The summed E-state index contributed by atoms with van der Waals surface area (Å²) in [4.78, 5) is 13.6. The van der Waals surface area contributed by atoms with Crippen LogP contribution in [0.1, 0.15) is 24.0 Å². The van der Waals surface area contributed by atoms with Crippen molar-refractivity contribution in [3.8, 4) is 0 Å². The highest BCUT2D eigenvalue weighted by atomic mass is 16.2. The van der Waals surface area contributed by atoms with Crippen molar-refractivity contribution in [2.45, 2.75) is 24.8 Å². The summed E-state index contributed by atoms with van der Waals surface area (Å²) in [6, 6.07) is 8.70. The lowest BCUT2D eigenvalue weighted by atomic mass is 9.69. The van der Waals surface area contributed by atoms with Crippen molar-refractivity contribution in [2.75, 3.05) is 26.2 Å². The molecule has 0 unspecified atom stereocenters. The summed E-state index contributed by atoms with van der Waals surface area (Å²) in [5.74, 6) is 0.0758. The van der Waals surface area contributed by atoms with Crippen LogP contribution < -0.4 is 11.1 Å². The van der Waals surface area contributed by atoms with Crippen LogP contribution in [-0.4, -0.2) is 37.0 Å². The summed E-state index contributed by atoms with van der Waals surface area (Å²) < 4.78 is 0. The van der Waals surface area contributed by atoms with Crippen molar-refractivity contribution < 1.29 is 4.79 Å². The number of benzene rings is 1. The molecule has 4 heteroatoms. The van der Waals surface area contributed by atoms with Crippen molar-refractivity contribution in [3.05, 3.63) is 35.4 Å².